The minimum Gasteiger partial charge on any atom is -0.444 e. The molecule has 0 saturated carbocycles. The monoisotopic (exact) mass is 322 g/mol. The second kappa shape index (κ2) is 5.89. The lowest BCUT2D eigenvalue weighted by Gasteiger charge is -2.19. The lowest BCUT2D eigenvalue weighted by Crippen LogP contribution is -2.34. The maximum atomic E-state index is 12.1. The molecule has 96 valence electrons. The molecule has 1 saturated heterocycles. The maximum Gasteiger partial charge on any atom is 0.289 e. The van der Waals surface area contributed by atoms with Crippen molar-refractivity contribution in [1.29, 1.82) is 0 Å². The standard InChI is InChI=1S/C11H15BrN2O2.ClH/c1-7-4-8(5-13)6-14(7)11(15)9-2-3-10(12)16-9;/h2-3,7-8H,4-6,13H2,1H3;1H. The van der Waals surface area contributed by atoms with E-state index >= 15 is 0 Å². The highest BCUT2D eigenvalue weighted by Gasteiger charge is 2.33. The molecular formula is C11H16BrClN2O2. The minimum atomic E-state index is -0.0471. The molecule has 0 aliphatic carbocycles. The highest BCUT2D eigenvalue weighted by Crippen LogP contribution is 2.25. The van der Waals surface area contributed by atoms with Crippen molar-refractivity contribution in [2.75, 3.05) is 13.1 Å². The Morgan fingerprint density at radius 2 is 2.35 bits per heavy atom. The van der Waals surface area contributed by atoms with Crippen molar-refractivity contribution in [1.82, 2.24) is 4.90 Å². The summed E-state index contributed by atoms with van der Waals surface area (Å²) in [7, 11) is 0. The maximum absolute atomic E-state index is 12.1. The quantitative estimate of drug-likeness (QED) is 0.908. The number of halogens is 2. The van der Waals surface area contributed by atoms with Crippen molar-refractivity contribution >= 4 is 34.2 Å². The van der Waals surface area contributed by atoms with Gasteiger partial charge in [-0.3, -0.25) is 4.79 Å². The van der Waals surface area contributed by atoms with Crippen molar-refractivity contribution in [3.63, 3.8) is 0 Å². The van der Waals surface area contributed by atoms with E-state index in [2.05, 4.69) is 15.9 Å². The lowest BCUT2D eigenvalue weighted by molar-refractivity contribution is 0.0710. The molecule has 2 unspecified atom stereocenters. The van der Waals surface area contributed by atoms with Gasteiger partial charge in [-0.1, -0.05) is 0 Å². The summed E-state index contributed by atoms with van der Waals surface area (Å²) in [6.07, 6.45) is 0.976. The molecule has 6 heteroatoms. The molecule has 4 nitrogen and oxygen atoms in total. The first-order valence-corrected chi connectivity index (χ1v) is 6.17. The predicted molar refractivity (Wildman–Crippen MR) is 71.3 cm³/mol. The number of furan rings is 1. The Balaban J connectivity index is 0.00000144. The Kier molecular flexibility index (Phi) is 5.04. The van der Waals surface area contributed by atoms with Crippen LogP contribution in [0.25, 0.3) is 0 Å². The molecule has 2 rings (SSSR count). The third-order valence-electron chi connectivity index (χ3n) is 3.04. The molecule has 1 aromatic heterocycles. The normalized spacial score (nSPS) is 23.6. The van der Waals surface area contributed by atoms with Crippen molar-refractivity contribution < 1.29 is 9.21 Å². The van der Waals surface area contributed by atoms with Gasteiger partial charge >= 0.3 is 0 Å². The van der Waals surface area contributed by atoms with Crippen molar-refractivity contribution in [3.8, 4) is 0 Å². The van der Waals surface area contributed by atoms with E-state index in [4.69, 9.17) is 10.2 Å². The molecule has 0 radical (unpaired) electrons. The summed E-state index contributed by atoms with van der Waals surface area (Å²) in [5.74, 6) is 0.753. The van der Waals surface area contributed by atoms with Gasteiger partial charge in [0, 0.05) is 12.6 Å². The topological polar surface area (TPSA) is 59.5 Å². The van der Waals surface area contributed by atoms with Gasteiger partial charge in [-0.25, -0.2) is 0 Å². The van der Waals surface area contributed by atoms with Gasteiger partial charge in [0.1, 0.15) is 0 Å². The van der Waals surface area contributed by atoms with Crippen LogP contribution in [0.3, 0.4) is 0 Å². The lowest BCUT2D eigenvalue weighted by atomic mass is 10.1. The van der Waals surface area contributed by atoms with Crippen molar-refractivity contribution in [2.24, 2.45) is 11.7 Å². The Morgan fingerprint density at radius 1 is 1.65 bits per heavy atom. The molecule has 0 spiro atoms. The van der Waals surface area contributed by atoms with Crippen LogP contribution in [-0.2, 0) is 0 Å². The Labute approximate surface area is 115 Å². The van der Waals surface area contributed by atoms with Gasteiger partial charge in [-0.2, -0.15) is 0 Å². The fourth-order valence-corrected chi connectivity index (χ4v) is 2.47. The number of nitrogens with two attached hydrogens (primary N) is 1. The van der Waals surface area contributed by atoms with Crippen LogP contribution >= 0.6 is 28.3 Å². The van der Waals surface area contributed by atoms with E-state index < -0.39 is 0 Å². The van der Waals surface area contributed by atoms with Gasteiger partial charge in [-0.15, -0.1) is 12.4 Å². The van der Waals surface area contributed by atoms with Gasteiger partial charge in [0.05, 0.1) is 0 Å². The third kappa shape index (κ3) is 3.03. The smallest absolute Gasteiger partial charge is 0.289 e. The first-order valence-electron chi connectivity index (χ1n) is 5.38. The van der Waals surface area contributed by atoms with Crippen LogP contribution in [0.5, 0.6) is 0 Å². The summed E-state index contributed by atoms with van der Waals surface area (Å²) in [6.45, 7) is 3.41. The number of hydrogen-bond acceptors (Lipinski definition) is 3. The average Bonchev–Trinajstić information content (AvgIpc) is 2.83. The second-order valence-corrected chi connectivity index (χ2v) is 5.03. The fraction of sp³-hybridized carbons (Fsp3) is 0.545. The van der Waals surface area contributed by atoms with E-state index in [0.29, 0.717) is 22.9 Å². The fourth-order valence-electron chi connectivity index (χ4n) is 2.17. The summed E-state index contributed by atoms with van der Waals surface area (Å²) >= 11 is 3.19. The number of hydrogen-bond donors (Lipinski definition) is 1. The zero-order valence-corrected chi connectivity index (χ0v) is 12.0. The van der Waals surface area contributed by atoms with E-state index in [9.17, 15) is 4.79 Å². The highest BCUT2D eigenvalue weighted by atomic mass is 79.9. The number of nitrogens with zero attached hydrogens (tertiary/aromatic N) is 1. The Morgan fingerprint density at radius 3 is 2.82 bits per heavy atom. The van der Waals surface area contributed by atoms with Crippen LogP contribution in [0, 0.1) is 5.92 Å². The second-order valence-electron chi connectivity index (χ2n) is 4.25. The van der Waals surface area contributed by atoms with Crippen LogP contribution in [0.1, 0.15) is 23.9 Å². The predicted octanol–water partition coefficient (Wildman–Crippen LogP) is 2.27. The minimum absolute atomic E-state index is 0. The van der Waals surface area contributed by atoms with Crippen LogP contribution in [-0.4, -0.2) is 29.9 Å². The zero-order chi connectivity index (χ0) is 11.7. The summed E-state index contributed by atoms with van der Waals surface area (Å²) in [5.41, 5.74) is 5.63. The summed E-state index contributed by atoms with van der Waals surface area (Å²) in [5, 5.41) is 0. The molecule has 1 amide bonds. The van der Waals surface area contributed by atoms with E-state index in [1.54, 1.807) is 12.1 Å². The summed E-state index contributed by atoms with van der Waals surface area (Å²) in [6, 6.07) is 3.66. The third-order valence-corrected chi connectivity index (χ3v) is 3.47. The first kappa shape index (κ1) is 14.5. The summed E-state index contributed by atoms with van der Waals surface area (Å²) in [4.78, 5) is 13.9. The van der Waals surface area contributed by atoms with E-state index in [-0.39, 0.29) is 24.4 Å². The number of amides is 1. The first-order chi connectivity index (χ1) is 7.61. The highest BCUT2D eigenvalue weighted by molar-refractivity contribution is 9.10. The van der Waals surface area contributed by atoms with Crippen LogP contribution in [0.2, 0.25) is 0 Å². The van der Waals surface area contributed by atoms with Gasteiger partial charge < -0.3 is 15.1 Å². The SMILES string of the molecule is CC1CC(CN)CN1C(=O)c1ccc(Br)o1.Cl. The van der Waals surface area contributed by atoms with Gasteiger partial charge in [0.25, 0.3) is 5.91 Å². The molecule has 1 aliphatic rings. The molecule has 17 heavy (non-hydrogen) atoms. The molecule has 1 aliphatic heterocycles. The molecule has 0 bridgehead atoms. The van der Waals surface area contributed by atoms with E-state index in [0.717, 1.165) is 13.0 Å². The molecular weight excluding hydrogens is 307 g/mol. The van der Waals surface area contributed by atoms with Gasteiger partial charge in [0.2, 0.25) is 0 Å². The molecule has 1 fully saturated rings. The van der Waals surface area contributed by atoms with Crippen LogP contribution in [0.4, 0.5) is 0 Å². The molecule has 2 N–H and O–H groups in total. The van der Waals surface area contributed by atoms with Gasteiger partial charge in [0.15, 0.2) is 10.4 Å². The zero-order valence-electron chi connectivity index (χ0n) is 9.56. The average molecular weight is 324 g/mol. The van der Waals surface area contributed by atoms with Crippen molar-refractivity contribution in [2.45, 2.75) is 19.4 Å². The number of carbonyl (C=O) groups is 1. The molecule has 2 heterocycles. The Hall–Kier alpha value is -0.520. The van der Waals surface area contributed by atoms with Crippen LogP contribution < -0.4 is 5.73 Å². The largest absolute Gasteiger partial charge is 0.444 e. The number of rotatable bonds is 2. The molecule has 0 aromatic carbocycles. The number of likely N-dealkylation sites (tertiary alicyclic amines) is 1. The van der Waals surface area contributed by atoms with E-state index in [1.165, 1.54) is 0 Å². The van der Waals surface area contributed by atoms with Crippen LogP contribution in [0.15, 0.2) is 21.2 Å². The van der Waals surface area contributed by atoms with Crippen molar-refractivity contribution in [3.05, 3.63) is 22.6 Å². The molecule has 2 atom stereocenters. The Bertz CT molecular complexity index is 397. The van der Waals surface area contributed by atoms with E-state index in [1.807, 2.05) is 11.8 Å². The summed E-state index contributed by atoms with van der Waals surface area (Å²) < 4.78 is 5.85. The molecule has 1 aromatic rings. The number of carbonyl (C=O) groups excluding carboxylic acids is 1. The van der Waals surface area contributed by atoms with Gasteiger partial charge in [-0.05, 0) is 53.9 Å².